The minimum atomic E-state index is 0.421. The smallest absolute Gasteiger partial charge is 0.108 e. The van der Waals surface area contributed by atoms with Gasteiger partial charge in [-0.15, -0.1) is 11.8 Å². The van der Waals surface area contributed by atoms with Crippen LogP contribution in [0.25, 0.3) is 0 Å². The van der Waals surface area contributed by atoms with Crippen molar-refractivity contribution < 1.29 is 0 Å². The van der Waals surface area contributed by atoms with Crippen LogP contribution in [0.1, 0.15) is 51.0 Å². The Hall–Kier alpha value is -0.130. The molecule has 0 amide bonds. The van der Waals surface area contributed by atoms with Crippen LogP contribution in [-0.2, 0) is 0 Å². The van der Waals surface area contributed by atoms with E-state index in [0.29, 0.717) is 4.99 Å². The molecule has 0 aliphatic carbocycles. The quantitative estimate of drug-likeness (QED) is 0.293. The Labute approximate surface area is 134 Å². The Morgan fingerprint density at radius 3 is 2.63 bits per heavy atom. The lowest BCUT2D eigenvalue weighted by Gasteiger charge is -2.05. The van der Waals surface area contributed by atoms with E-state index < -0.39 is 0 Å². The molecule has 106 valence electrons. The van der Waals surface area contributed by atoms with Gasteiger partial charge in [-0.1, -0.05) is 51.2 Å². The van der Waals surface area contributed by atoms with Gasteiger partial charge in [0.15, 0.2) is 0 Å². The molecule has 0 spiro atoms. The van der Waals surface area contributed by atoms with Gasteiger partial charge >= 0.3 is 0 Å². The van der Waals surface area contributed by atoms with Gasteiger partial charge in [0, 0.05) is 5.56 Å². The first-order chi connectivity index (χ1) is 9.13. The number of hydrogen-bond donors (Lipinski definition) is 1. The third-order valence-electron chi connectivity index (χ3n) is 2.80. The van der Waals surface area contributed by atoms with Crippen molar-refractivity contribution in [2.45, 2.75) is 50.5 Å². The minimum absolute atomic E-state index is 0.421. The Balaban J connectivity index is 2.31. The van der Waals surface area contributed by atoms with Gasteiger partial charge in [0.05, 0.1) is 5.03 Å². The van der Waals surface area contributed by atoms with E-state index in [1.54, 1.807) is 11.8 Å². The molecule has 1 aromatic rings. The minimum Gasteiger partial charge on any atom is -0.389 e. The molecule has 0 aliphatic heterocycles. The van der Waals surface area contributed by atoms with Crippen LogP contribution in [-0.4, -0.2) is 15.7 Å². The molecule has 0 aliphatic rings. The number of rotatable bonds is 9. The first-order valence-corrected chi connectivity index (χ1v) is 8.92. The lowest BCUT2D eigenvalue weighted by Crippen LogP contribution is -2.09. The number of aromatic nitrogens is 1. The fourth-order valence-electron chi connectivity index (χ4n) is 1.75. The zero-order valence-electron chi connectivity index (χ0n) is 11.3. The molecular weight excluding hydrogens is 340 g/mol. The first kappa shape index (κ1) is 16.9. The van der Waals surface area contributed by atoms with E-state index in [1.165, 1.54) is 38.5 Å². The second kappa shape index (κ2) is 9.72. The van der Waals surface area contributed by atoms with Gasteiger partial charge < -0.3 is 5.73 Å². The number of pyridine rings is 1. The average Bonchev–Trinajstić information content (AvgIpc) is 2.37. The molecule has 2 N–H and O–H groups in total. The molecule has 0 saturated carbocycles. The summed E-state index contributed by atoms with van der Waals surface area (Å²) in [7, 11) is 0. The van der Waals surface area contributed by atoms with Gasteiger partial charge in [0.25, 0.3) is 0 Å². The molecule has 1 rings (SSSR count). The summed E-state index contributed by atoms with van der Waals surface area (Å²) in [6.07, 6.45) is 7.92. The zero-order valence-corrected chi connectivity index (χ0v) is 14.5. The predicted octanol–water partition coefficient (Wildman–Crippen LogP) is 4.93. The van der Waals surface area contributed by atoms with Gasteiger partial charge in [-0.05, 0) is 40.2 Å². The van der Waals surface area contributed by atoms with Gasteiger partial charge in [-0.3, -0.25) is 0 Å². The summed E-state index contributed by atoms with van der Waals surface area (Å²) in [6, 6.07) is 3.83. The number of unbranched alkanes of at least 4 members (excludes halogenated alkanes) is 5. The standard InChI is InChI=1S/C14H21BrN2S2/c1-2-3-4-5-6-7-8-19-13-10-11(14(16)18)9-12(15)17-13/h9-10H,2-8H2,1H3,(H2,16,18). The normalized spacial score (nSPS) is 10.6. The van der Waals surface area contributed by atoms with Crippen LogP contribution in [0.15, 0.2) is 21.8 Å². The van der Waals surface area contributed by atoms with Crippen LogP contribution >= 0.6 is 39.9 Å². The number of nitrogens with zero attached hydrogens (tertiary/aromatic N) is 1. The molecule has 0 unspecified atom stereocenters. The van der Waals surface area contributed by atoms with Crippen molar-refractivity contribution in [3.05, 3.63) is 22.3 Å². The number of nitrogens with two attached hydrogens (primary N) is 1. The highest BCUT2D eigenvalue weighted by Gasteiger charge is 2.04. The maximum Gasteiger partial charge on any atom is 0.108 e. The molecule has 0 aromatic carbocycles. The van der Waals surface area contributed by atoms with E-state index in [0.717, 1.165) is 20.9 Å². The molecule has 5 heteroatoms. The molecule has 19 heavy (non-hydrogen) atoms. The third kappa shape index (κ3) is 7.28. The SMILES string of the molecule is CCCCCCCCSc1cc(C(N)=S)cc(Br)n1. The largest absolute Gasteiger partial charge is 0.389 e. The fraction of sp³-hybridized carbons (Fsp3) is 0.571. The monoisotopic (exact) mass is 360 g/mol. The average molecular weight is 361 g/mol. The maximum absolute atomic E-state index is 5.65. The van der Waals surface area contributed by atoms with E-state index in [2.05, 4.69) is 27.8 Å². The van der Waals surface area contributed by atoms with Crippen molar-refractivity contribution in [3.63, 3.8) is 0 Å². The lowest BCUT2D eigenvalue weighted by atomic mass is 10.1. The van der Waals surface area contributed by atoms with Crippen LogP contribution in [0, 0.1) is 0 Å². The van der Waals surface area contributed by atoms with Crippen LogP contribution < -0.4 is 5.73 Å². The summed E-state index contributed by atoms with van der Waals surface area (Å²) in [4.78, 5) is 4.85. The van der Waals surface area contributed by atoms with Crippen LogP contribution in [0.2, 0.25) is 0 Å². The van der Waals surface area contributed by atoms with E-state index in [4.69, 9.17) is 18.0 Å². The van der Waals surface area contributed by atoms with Crippen molar-refractivity contribution >= 4 is 44.9 Å². The Morgan fingerprint density at radius 1 is 1.26 bits per heavy atom. The molecule has 2 nitrogen and oxygen atoms in total. The molecule has 0 radical (unpaired) electrons. The van der Waals surface area contributed by atoms with Gasteiger partial charge in [-0.2, -0.15) is 0 Å². The Morgan fingerprint density at radius 2 is 1.95 bits per heavy atom. The molecule has 0 fully saturated rings. The number of hydrogen-bond acceptors (Lipinski definition) is 3. The summed E-state index contributed by atoms with van der Waals surface area (Å²) in [5, 5.41) is 0.991. The number of thioether (sulfide) groups is 1. The molecule has 0 bridgehead atoms. The first-order valence-electron chi connectivity index (χ1n) is 6.73. The highest BCUT2D eigenvalue weighted by atomic mass is 79.9. The summed E-state index contributed by atoms with van der Waals surface area (Å²) < 4.78 is 0.795. The summed E-state index contributed by atoms with van der Waals surface area (Å²) in [5.74, 6) is 1.10. The summed E-state index contributed by atoms with van der Waals surface area (Å²) in [6.45, 7) is 2.24. The zero-order chi connectivity index (χ0) is 14.1. The van der Waals surface area contributed by atoms with Crippen molar-refractivity contribution in [2.24, 2.45) is 5.73 Å². The fourth-order valence-corrected chi connectivity index (χ4v) is 3.35. The summed E-state index contributed by atoms with van der Waals surface area (Å²) in [5.41, 5.74) is 6.53. The number of halogens is 1. The molecule has 1 heterocycles. The molecular formula is C14H21BrN2S2. The molecule has 0 atom stereocenters. The van der Waals surface area contributed by atoms with E-state index in [1.807, 2.05) is 12.1 Å². The predicted molar refractivity (Wildman–Crippen MR) is 91.9 cm³/mol. The Bertz CT molecular complexity index is 410. The second-order valence-electron chi connectivity index (χ2n) is 4.50. The van der Waals surface area contributed by atoms with Gasteiger partial charge in [0.1, 0.15) is 9.59 Å². The van der Waals surface area contributed by atoms with E-state index in [-0.39, 0.29) is 0 Å². The summed E-state index contributed by atoms with van der Waals surface area (Å²) >= 11 is 10.2. The topological polar surface area (TPSA) is 38.9 Å². The van der Waals surface area contributed by atoms with E-state index >= 15 is 0 Å². The maximum atomic E-state index is 5.65. The number of thiocarbonyl (C=S) groups is 1. The van der Waals surface area contributed by atoms with Crippen molar-refractivity contribution in [1.82, 2.24) is 4.98 Å². The van der Waals surface area contributed by atoms with Crippen molar-refractivity contribution in [2.75, 3.05) is 5.75 Å². The highest BCUT2D eigenvalue weighted by Crippen LogP contribution is 2.22. The van der Waals surface area contributed by atoms with E-state index in [9.17, 15) is 0 Å². The highest BCUT2D eigenvalue weighted by molar-refractivity contribution is 9.10. The van der Waals surface area contributed by atoms with Crippen LogP contribution in [0.5, 0.6) is 0 Å². The lowest BCUT2D eigenvalue weighted by molar-refractivity contribution is 0.627. The van der Waals surface area contributed by atoms with Gasteiger partial charge in [0.2, 0.25) is 0 Å². The third-order valence-corrected chi connectivity index (χ3v) is 4.44. The molecule has 0 saturated heterocycles. The van der Waals surface area contributed by atoms with Crippen LogP contribution in [0.4, 0.5) is 0 Å². The van der Waals surface area contributed by atoms with Crippen LogP contribution in [0.3, 0.4) is 0 Å². The van der Waals surface area contributed by atoms with Gasteiger partial charge in [-0.25, -0.2) is 4.98 Å². The van der Waals surface area contributed by atoms with Crippen molar-refractivity contribution in [1.29, 1.82) is 0 Å². The second-order valence-corrected chi connectivity index (χ2v) is 6.86. The Kier molecular flexibility index (Phi) is 8.66. The van der Waals surface area contributed by atoms with Crippen molar-refractivity contribution in [3.8, 4) is 0 Å². The molecule has 1 aromatic heterocycles.